The van der Waals surface area contributed by atoms with Crippen molar-refractivity contribution in [3.05, 3.63) is 24.5 Å². The lowest BCUT2D eigenvalue weighted by Crippen LogP contribution is -2.52. The van der Waals surface area contributed by atoms with E-state index >= 15 is 0 Å². The third-order valence-corrected chi connectivity index (χ3v) is 3.62. The standard InChI is InChI=1S/C14H18N4O3/c1-10-8-15-5-6-18(10)13(19)3-2-12-16-14(17-21-12)11-4-7-20-9-11/h4,7,9-10,15H,2-3,5-6,8H2,1H3/t10-/m1/s1. The van der Waals surface area contributed by atoms with E-state index in [1.807, 2.05) is 11.8 Å². The first kappa shape index (κ1) is 13.8. The smallest absolute Gasteiger partial charge is 0.227 e. The molecule has 0 unspecified atom stereocenters. The second kappa shape index (κ2) is 6.09. The molecule has 0 saturated carbocycles. The number of piperazine rings is 1. The Balaban J connectivity index is 1.56. The van der Waals surface area contributed by atoms with Gasteiger partial charge in [-0.25, -0.2) is 0 Å². The Hall–Kier alpha value is -2.15. The zero-order valence-electron chi connectivity index (χ0n) is 11.9. The molecule has 2 aromatic heterocycles. The number of rotatable bonds is 4. The lowest BCUT2D eigenvalue weighted by atomic mass is 10.2. The molecule has 0 radical (unpaired) electrons. The summed E-state index contributed by atoms with van der Waals surface area (Å²) in [4.78, 5) is 18.4. The van der Waals surface area contributed by atoms with E-state index in [4.69, 9.17) is 8.94 Å². The van der Waals surface area contributed by atoms with Crippen LogP contribution in [0.1, 0.15) is 19.2 Å². The molecule has 7 heteroatoms. The van der Waals surface area contributed by atoms with E-state index in [1.165, 1.54) is 0 Å². The SMILES string of the molecule is C[C@@H]1CNCCN1C(=O)CCc1nc(-c2ccoc2)no1. The molecule has 1 saturated heterocycles. The monoisotopic (exact) mass is 290 g/mol. The molecule has 2 aromatic rings. The van der Waals surface area contributed by atoms with Gasteiger partial charge in [0.1, 0.15) is 6.26 Å². The number of amides is 1. The molecule has 3 rings (SSSR count). The highest BCUT2D eigenvalue weighted by molar-refractivity contribution is 5.76. The normalized spacial score (nSPS) is 18.9. The Labute approximate surface area is 122 Å². The summed E-state index contributed by atoms with van der Waals surface area (Å²) in [6.07, 6.45) is 3.96. The van der Waals surface area contributed by atoms with Crippen LogP contribution in [0.25, 0.3) is 11.4 Å². The Kier molecular flexibility index (Phi) is 4.01. The van der Waals surface area contributed by atoms with Gasteiger partial charge in [-0.3, -0.25) is 4.79 Å². The fourth-order valence-corrected chi connectivity index (χ4v) is 2.43. The molecule has 0 bridgehead atoms. The molecule has 1 fully saturated rings. The molecule has 21 heavy (non-hydrogen) atoms. The number of hydrogen-bond acceptors (Lipinski definition) is 6. The highest BCUT2D eigenvalue weighted by atomic mass is 16.5. The molecule has 7 nitrogen and oxygen atoms in total. The fourth-order valence-electron chi connectivity index (χ4n) is 2.43. The van der Waals surface area contributed by atoms with Crippen molar-refractivity contribution in [2.24, 2.45) is 0 Å². The number of carbonyl (C=O) groups is 1. The van der Waals surface area contributed by atoms with Crippen LogP contribution in [0, 0.1) is 0 Å². The third-order valence-electron chi connectivity index (χ3n) is 3.62. The number of aryl methyl sites for hydroxylation is 1. The summed E-state index contributed by atoms with van der Waals surface area (Å²) < 4.78 is 10.1. The van der Waals surface area contributed by atoms with Crippen molar-refractivity contribution in [2.75, 3.05) is 19.6 Å². The van der Waals surface area contributed by atoms with Crippen LogP contribution < -0.4 is 5.32 Å². The van der Waals surface area contributed by atoms with Crippen LogP contribution in [0.15, 0.2) is 27.5 Å². The predicted molar refractivity (Wildman–Crippen MR) is 74.4 cm³/mol. The van der Waals surface area contributed by atoms with E-state index < -0.39 is 0 Å². The van der Waals surface area contributed by atoms with E-state index in [2.05, 4.69) is 15.5 Å². The van der Waals surface area contributed by atoms with Gasteiger partial charge >= 0.3 is 0 Å². The largest absolute Gasteiger partial charge is 0.472 e. The average Bonchev–Trinajstić information content (AvgIpc) is 3.16. The molecule has 1 atom stereocenters. The molecule has 112 valence electrons. The number of hydrogen-bond donors (Lipinski definition) is 1. The van der Waals surface area contributed by atoms with Gasteiger partial charge in [0, 0.05) is 38.5 Å². The van der Waals surface area contributed by atoms with Crippen LogP contribution in [0.4, 0.5) is 0 Å². The minimum atomic E-state index is 0.132. The molecular formula is C14H18N4O3. The number of nitrogens with zero attached hydrogens (tertiary/aromatic N) is 3. The first-order chi connectivity index (χ1) is 10.2. The van der Waals surface area contributed by atoms with Gasteiger partial charge in [-0.05, 0) is 13.0 Å². The number of nitrogens with one attached hydrogen (secondary N) is 1. The van der Waals surface area contributed by atoms with Crippen molar-refractivity contribution in [1.82, 2.24) is 20.4 Å². The van der Waals surface area contributed by atoms with Crippen molar-refractivity contribution < 1.29 is 13.7 Å². The van der Waals surface area contributed by atoms with E-state index in [9.17, 15) is 4.79 Å². The van der Waals surface area contributed by atoms with Crippen LogP contribution in [0.2, 0.25) is 0 Å². The summed E-state index contributed by atoms with van der Waals surface area (Å²) in [5.41, 5.74) is 0.770. The van der Waals surface area contributed by atoms with Crippen molar-refractivity contribution in [3.63, 3.8) is 0 Å². The maximum Gasteiger partial charge on any atom is 0.227 e. The Morgan fingerprint density at radius 2 is 2.48 bits per heavy atom. The summed E-state index contributed by atoms with van der Waals surface area (Å²) in [5.74, 6) is 1.09. The highest BCUT2D eigenvalue weighted by Crippen LogP contribution is 2.16. The topological polar surface area (TPSA) is 84.4 Å². The lowest BCUT2D eigenvalue weighted by Gasteiger charge is -2.34. The van der Waals surface area contributed by atoms with Gasteiger partial charge in [0.05, 0.1) is 11.8 Å². The fraction of sp³-hybridized carbons (Fsp3) is 0.500. The van der Waals surface area contributed by atoms with Crippen LogP contribution in [0.5, 0.6) is 0 Å². The second-order valence-corrected chi connectivity index (χ2v) is 5.16. The van der Waals surface area contributed by atoms with Gasteiger partial charge in [0.25, 0.3) is 0 Å². The molecule has 0 spiro atoms. The molecule has 0 aromatic carbocycles. The summed E-state index contributed by atoms with van der Waals surface area (Å²) >= 11 is 0. The average molecular weight is 290 g/mol. The van der Waals surface area contributed by atoms with Gasteiger partial charge in [0.2, 0.25) is 17.6 Å². The second-order valence-electron chi connectivity index (χ2n) is 5.16. The van der Waals surface area contributed by atoms with Crippen molar-refractivity contribution in [2.45, 2.75) is 25.8 Å². The minimum absolute atomic E-state index is 0.132. The molecule has 3 heterocycles. The van der Waals surface area contributed by atoms with Crippen LogP contribution >= 0.6 is 0 Å². The van der Waals surface area contributed by atoms with Crippen molar-refractivity contribution >= 4 is 5.91 Å². The van der Waals surface area contributed by atoms with E-state index in [0.29, 0.717) is 24.6 Å². The Morgan fingerprint density at radius 3 is 3.24 bits per heavy atom. The molecule has 0 aliphatic carbocycles. The number of furan rings is 1. The first-order valence-corrected chi connectivity index (χ1v) is 7.09. The molecular weight excluding hydrogens is 272 g/mol. The minimum Gasteiger partial charge on any atom is -0.472 e. The maximum atomic E-state index is 12.2. The van der Waals surface area contributed by atoms with Crippen molar-refractivity contribution in [1.29, 1.82) is 0 Å². The first-order valence-electron chi connectivity index (χ1n) is 7.09. The van der Waals surface area contributed by atoms with Gasteiger partial charge in [-0.1, -0.05) is 5.16 Å². The summed E-state index contributed by atoms with van der Waals surface area (Å²) in [6, 6.07) is 2.00. The van der Waals surface area contributed by atoms with Crippen LogP contribution in [-0.4, -0.2) is 46.6 Å². The van der Waals surface area contributed by atoms with Gasteiger partial charge in [-0.15, -0.1) is 0 Å². The highest BCUT2D eigenvalue weighted by Gasteiger charge is 2.23. The summed E-state index contributed by atoms with van der Waals surface area (Å²) in [5, 5.41) is 7.15. The maximum absolute atomic E-state index is 12.2. The van der Waals surface area contributed by atoms with Gasteiger partial charge < -0.3 is 19.2 Å². The van der Waals surface area contributed by atoms with E-state index in [1.54, 1.807) is 18.6 Å². The molecule has 1 aliphatic heterocycles. The number of carbonyl (C=O) groups excluding carboxylic acids is 1. The predicted octanol–water partition coefficient (Wildman–Crippen LogP) is 1.08. The molecule has 1 N–H and O–H groups in total. The molecule has 1 aliphatic rings. The Bertz CT molecular complexity index is 593. The zero-order valence-corrected chi connectivity index (χ0v) is 11.9. The third kappa shape index (κ3) is 3.13. The quantitative estimate of drug-likeness (QED) is 0.907. The van der Waals surface area contributed by atoms with Gasteiger partial charge in [0.15, 0.2) is 0 Å². The Morgan fingerprint density at radius 1 is 1.57 bits per heavy atom. The lowest BCUT2D eigenvalue weighted by molar-refractivity contribution is -0.134. The van der Waals surface area contributed by atoms with Gasteiger partial charge in [-0.2, -0.15) is 4.98 Å². The van der Waals surface area contributed by atoms with E-state index in [0.717, 1.165) is 25.2 Å². The summed E-state index contributed by atoms with van der Waals surface area (Å²) in [6.45, 7) is 4.50. The molecule has 1 amide bonds. The summed E-state index contributed by atoms with van der Waals surface area (Å²) in [7, 11) is 0. The van der Waals surface area contributed by atoms with E-state index in [-0.39, 0.29) is 11.9 Å². The zero-order chi connectivity index (χ0) is 14.7. The van der Waals surface area contributed by atoms with Crippen molar-refractivity contribution in [3.8, 4) is 11.4 Å². The number of aromatic nitrogens is 2. The van der Waals surface area contributed by atoms with Crippen LogP contribution in [-0.2, 0) is 11.2 Å². The van der Waals surface area contributed by atoms with Crippen LogP contribution in [0.3, 0.4) is 0 Å².